The summed E-state index contributed by atoms with van der Waals surface area (Å²) in [4.78, 5) is 23.2. The van der Waals surface area contributed by atoms with Crippen LogP contribution in [0.15, 0.2) is 71.6 Å². The summed E-state index contributed by atoms with van der Waals surface area (Å²) in [6.45, 7) is 7.69. The van der Waals surface area contributed by atoms with Crippen LogP contribution in [0, 0.1) is 6.92 Å². The summed E-state index contributed by atoms with van der Waals surface area (Å²) in [5.41, 5.74) is 3.60. The molecule has 1 N–H and O–H groups in total. The van der Waals surface area contributed by atoms with Crippen molar-refractivity contribution in [3.05, 3.63) is 93.7 Å². The van der Waals surface area contributed by atoms with Gasteiger partial charge in [-0.25, -0.2) is 18.1 Å². The molecule has 4 heterocycles. The van der Waals surface area contributed by atoms with E-state index >= 15 is 0 Å². The number of carbonyl (C=O) groups is 1. The van der Waals surface area contributed by atoms with Crippen LogP contribution in [0.5, 0.6) is 0 Å². The Kier molecular flexibility index (Phi) is 9.60. The fourth-order valence-corrected chi connectivity index (χ4v) is 11.0. The zero-order valence-corrected chi connectivity index (χ0v) is 30.7. The Bertz CT molecular complexity index is 1940. The molecule has 3 aliphatic heterocycles. The zero-order valence-electron chi connectivity index (χ0n) is 28.4. The van der Waals surface area contributed by atoms with Gasteiger partial charge in [0.25, 0.3) is 5.91 Å². The smallest absolute Gasteiger partial charge is 0.256 e. The molecule has 49 heavy (non-hydrogen) atoms. The van der Waals surface area contributed by atoms with Gasteiger partial charge in [0.1, 0.15) is 10.7 Å². The average Bonchev–Trinajstić information content (AvgIpc) is 3.53. The quantitative estimate of drug-likeness (QED) is 0.191. The maximum absolute atomic E-state index is 14.0. The highest BCUT2D eigenvalue weighted by Crippen LogP contribution is 2.45. The molecule has 1 amide bonds. The molecule has 3 aliphatic rings. The average molecular weight is 723 g/mol. The summed E-state index contributed by atoms with van der Waals surface area (Å²) in [5, 5.41) is 0.0134. The summed E-state index contributed by atoms with van der Waals surface area (Å²) in [5.74, 6) is 0.771. The van der Waals surface area contributed by atoms with E-state index in [1.54, 1.807) is 18.7 Å². The lowest BCUT2D eigenvalue weighted by Crippen LogP contribution is -2.49. The van der Waals surface area contributed by atoms with E-state index < -0.39 is 10.0 Å². The highest BCUT2D eigenvalue weighted by molar-refractivity contribution is 7.89. The van der Waals surface area contributed by atoms with Crippen molar-refractivity contribution >= 4 is 50.2 Å². The lowest BCUT2D eigenvalue weighted by molar-refractivity contribution is 0.0607. The third-order valence-electron chi connectivity index (χ3n) is 11.2. The third-order valence-corrected chi connectivity index (χ3v) is 13.7. The van der Waals surface area contributed by atoms with Crippen molar-refractivity contribution in [2.45, 2.75) is 100 Å². The van der Waals surface area contributed by atoms with Gasteiger partial charge in [-0.2, -0.15) is 0 Å². The van der Waals surface area contributed by atoms with Gasteiger partial charge in [0.15, 0.2) is 0 Å². The van der Waals surface area contributed by atoms with Gasteiger partial charge in [-0.1, -0.05) is 65.7 Å². The first-order valence-corrected chi connectivity index (χ1v) is 19.8. The minimum Gasteiger partial charge on any atom is -0.338 e. The number of nitrogens with zero attached hydrogens (tertiary/aromatic N) is 4. The number of likely N-dealkylation sites (tertiary alicyclic amines) is 1. The van der Waals surface area contributed by atoms with Gasteiger partial charge in [-0.3, -0.25) is 9.69 Å². The van der Waals surface area contributed by atoms with E-state index in [4.69, 9.17) is 28.2 Å². The second kappa shape index (κ2) is 13.6. The minimum atomic E-state index is -3.92. The number of fused-ring (bicyclic) bond motifs is 3. The number of hydrogen-bond acceptors (Lipinski definition) is 5. The number of rotatable bonds is 9. The van der Waals surface area contributed by atoms with Crippen LogP contribution in [0.25, 0.3) is 11.0 Å². The van der Waals surface area contributed by atoms with Crippen LogP contribution < -0.4 is 4.72 Å². The molecule has 260 valence electrons. The number of aromatic nitrogens is 2. The van der Waals surface area contributed by atoms with Crippen molar-refractivity contribution in [1.29, 1.82) is 0 Å². The summed E-state index contributed by atoms with van der Waals surface area (Å²) >= 11 is 13.2. The molecular formula is C38H45Cl2N5O3S. The monoisotopic (exact) mass is 721 g/mol. The molecule has 0 spiro atoms. The molecule has 11 heteroatoms. The number of aryl methyl sites for hydroxylation is 1. The van der Waals surface area contributed by atoms with Gasteiger partial charge >= 0.3 is 0 Å². The Balaban J connectivity index is 1.07. The molecule has 0 saturated carbocycles. The summed E-state index contributed by atoms with van der Waals surface area (Å²) in [6.07, 6.45) is 7.36. The number of halogens is 2. The van der Waals surface area contributed by atoms with Crippen LogP contribution in [-0.4, -0.2) is 71.4 Å². The van der Waals surface area contributed by atoms with Crippen LogP contribution in [0.2, 0.25) is 10.0 Å². The van der Waals surface area contributed by atoms with E-state index in [1.165, 1.54) is 36.1 Å². The largest absolute Gasteiger partial charge is 0.338 e. The molecule has 4 aromatic rings. The van der Waals surface area contributed by atoms with Gasteiger partial charge in [0.05, 0.1) is 26.6 Å². The maximum atomic E-state index is 14.0. The second-order valence-electron chi connectivity index (χ2n) is 14.5. The van der Waals surface area contributed by atoms with Crippen LogP contribution in [0.1, 0.15) is 86.6 Å². The van der Waals surface area contributed by atoms with Gasteiger partial charge in [0.2, 0.25) is 10.0 Å². The van der Waals surface area contributed by atoms with Gasteiger partial charge in [-0.05, 0) is 108 Å². The predicted octanol–water partition coefficient (Wildman–Crippen LogP) is 7.77. The van der Waals surface area contributed by atoms with E-state index in [9.17, 15) is 13.2 Å². The fraction of sp³-hybridized carbons (Fsp3) is 0.474. The Hall–Kier alpha value is -2.95. The van der Waals surface area contributed by atoms with E-state index in [-0.39, 0.29) is 37.9 Å². The fourth-order valence-electron chi connectivity index (χ4n) is 8.87. The number of amides is 1. The van der Waals surface area contributed by atoms with Crippen molar-refractivity contribution in [2.75, 3.05) is 19.6 Å². The van der Waals surface area contributed by atoms with E-state index in [1.807, 2.05) is 0 Å². The van der Waals surface area contributed by atoms with Gasteiger partial charge in [-0.15, -0.1) is 0 Å². The Morgan fingerprint density at radius 3 is 2.27 bits per heavy atom. The molecular weight excluding hydrogens is 677 g/mol. The van der Waals surface area contributed by atoms with Crippen LogP contribution in [0.3, 0.4) is 0 Å². The van der Waals surface area contributed by atoms with Gasteiger partial charge in [0, 0.05) is 37.3 Å². The van der Waals surface area contributed by atoms with Gasteiger partial charge < -0.3 is 9.47 Å². The number of carbonyl (C=O) groups excluding carboxylic acids is 1. The first-order valence-electron chi connectivity index (χ1n) is 17.5. The van der Waals surface area contributed by atoms with Crippen LogP contribution in [-0.2, 0) is 15.4 Å². The Labute approximate surface area is 299 Å². The summed E-state index contributed by atoms with van der Waals surface area (Å²) in [6, 6.07) is 23.3. The normalized spacial score (nSPS) is 22.7. The highest BCUT2D eigenvalue weighted by atomic mass is 35.5. The van der Waals surface area contributed by atoms with Crippen molar-refractivity contribution in [3.8, 4) is 0 Å². The SMILES string of the molecule is Cc1nc2ccccc2n1[C@H]1C[C@H]2CC[C@@H](C1)N2CCC1(c2ccccc2)CCN(C(=O)c2c(Cl)ccc(S(=O)(=O)NC(C)C)c2Cl)CC1. The standard InChI is InChI=1S/C38H45Cl2N5O3S/c1-25(2)42-49(47,48)34-16-15-31(39)35(36(34)40)37(46)43-20-17-38(18-21-43,27-9-5-4-6-10-27)19-22-44-28-13-14-29(44)24-30(23-28)45-26(3)41-32-11-7-8-12-33(32)45/h4-12,15-16,25,28-30,42H,13-14,17-24H2,1-3H3/t28-,29+,30+. The van der Waals surface area contributed by atoms with Crippen molar-refractivity contribution in [1.82, 2.24) is 24.1 Å². The lowest BCUT2D eigenvalue weighted by Gasteiger charge is -2.45. The molecule has 0 radical (unpaired) electrons. The summed E-state index contributed by atoms with van der Waals surface area (Å²) in [7, 11) is -3.92. The summed E-state index contributed by atoms with van der Waals surface area (Å²) < 4.78 is 31.0. The lowest BCUT2D eigenvalue weighted by atomic mass is 9.70. The molecule has 8 nitrogen and oxygen atoms in total. The number of imidazole rings is 1. The van der Waals surface area contributed by atoms with Crippen molar-refractivity contribution < 1.29 is 13.2 Å². The molecule has 0 unspecified atom stereocenters. The molecule has 3 atom stereocenters. The van der Waals surface area contributed by atoms with E-state index in [0.717, 1.165) is 50.0 Å². The van der Waals surface area contributed by atoms with Crippen molar-refractivity contribution in [2.24, 2.45) is 0 Å². The number of benzene rings is 3. The second-order valence-corrected chi connectivity index (χ2v) is 16.9. The van der Waals surface area contributed by atoms with E-state index in [0.29, 0.717) is 31.2 Å². The first-order chi connectivity index (χ1) is 23.5. The molecule has 0 aliphatic carbocycles. The molecule has 3 saturated heterocycles. The molecule has 2 bridgehead atoms. The van der Waals surface area contributed by atoms with Crippen LogP contribution >= 0.6 is 23.2 Å². The minimum absolute atomic E-state index is 0.0440. The number of para-hydroxylation sites is 2. The third kappa shape index (κ3) is 6.53. The molecule has 3 fully saturated rings. The Morgan fingerprint density at radius 2 is 1.59 bits per heavy atom. The number of piperidine rings is 2. The first kappa shape index (κ1) is 34.5. The molecule has 7 rings (SSSR count). The maximum Gasteiger partial charge on any atom is 0.256 e. The highest BCUT2D eigenvalue weighted by Gasteiger charge is 2.44. The van der Waals surface area contributed by atoms with Crippen molar-refractivity contribution in [3.63, 3.8) is 0 Å². The van der Waals surface area contributed by atoms with E-state index in [2.05, 4.69) is 75.7 Å². The number of hydrogen-bond donors (Lipinski definition) is 1. The topological polar surface area (TPSA) is 87.5 Å². The number of nitrogens with one attached hydrogen (secondary N) is 1. The zero-order chi connectivity index (χ0) is 34.5. The van der Waals surface area contributed by atoms with Crippen LogP contribution in [0.4, 0.5) is 0 Å². The molecule has 3 aromatic carbocycles. The molecule has 1 aromatic heterocycles. The number of sulfonamides is 1. The Morgan fingerprint density at radius 1 is 0.939 bits per heavy atom. The predicted molar refractivity (Wildman–Crippen MR) is 196 cm³/mol.